The predicted molar refractivity (Wildman–Crippen MR) is 66.8 cm³/mol. The van der Waals surface area contributed by atoms with Crippen molar-refractivity contribution in [2.24, 2.45) is 0 Å². The number of nitro groups is 1. The number of carbonyl (C=O) groups excluding carboxylic acids is 2. The number of ether oxygens (including phenoxy) is 1. The van der Waals surface area contributed by atoms with Gasteiger partial charge in [-0.3, -0.25) is 19.7 Å². The van der Waals surface area contributed by atoms with Crippen LogP contribution in [0.3, 0.4) is 0 Å². The van der Waals surface area contributed by atoms with Gasteiger partial charge in [0.1, 0.15) is 6.54 Å². The normalized spacial score (nSPS) is 9.79. The Morgan fingerprint density at radius 3 is 2.68 bits per heavy atom. The Bertz CT molecular complexity index is 513. The van der Waals surface area contributed by atoms with E-state index in [1.54, 1.807) is 13.8 Å². The zero-order valence-electron chi connectivity index (χ0n) is 10.6. The number of hydrogen-bond acceptors (Lipinski definition) is 5. The molecule has 0 aliphatic heterocycles. The van der Waals surface area contributed by atoms with E-state index in [4.69, 9.17) is 0 Å². The van der Waals surface area contributed by atoms with Gasteiger partial charge < -0.3 is 10.1 Å². The van der Waals surface area contributed by atoms with Gasteiger partial charge in [0.2, 0.25) is 0 Å². The van der Waals surface area contributed by atoms with Crippen LogP contribution in [0.2, 0.25) is 0 Å². The van der Waals surface area contributed by atoms with Crippen LogP contribution in [-0.2, 0) is 9.53 Å². The highest BCUT2D eigenvalue weighted by Crippen LogP contribution is 2.17. The number of hydrogen-bond donors (Lipinski definition) is 1. The molecule has 0 spiro atoms. The van der Waals surface area contributed by atoms with Crippen LogP contribution in [0, 0.1) is 17.0 Å². The monoisotopic (exact) mass is 266 g/mol. The second-order valence-corrected chi connectivity index (χ2v) is 3.74. The zero-order valence-corrected chi connectivity index (χ0v) is 10.6. The summed E-state index contributed by atoms with van der Waals surface area (Å²) in [6.45, 7) is 3.27. The Hall–Kier alpha value is -2.44. The first-order chi connectivity index (χ1) is 8.95. The van der Waals surface area contributed by atoms with Crippen LogP contribution in [0.15, 0.2) is 18.2 Å². The van der Waals surface area contributed by atoms with Gasteiger partial charge in [-0.15, -0.1) is 0 Å². The Balaban J connectivity index is 2.79. The SMILES string of the molecule is CCOC(=O)CNC(=O)c1cc([N+](=O)[O-])ccc1C. The van der Waals surface area contributed by atoms with Crippen LogP contribution in [0.1, 0.15) is 22.8 Å². The fourth-order valence-electron chi connectivity index (χ4n) is 1.43. The first-order valence-electron chi connectivity index (χ1n) is 5.64. The van der Waals surface area contributed by atoms with Crippen molar-refractivity contribution in [1.29, 1.82) is 0 Å². The Morgan fingerprint density at radius 2 is 2.11 bits per heavy atom. The minimum Gasteiger partial charge on any atom is -0.465 e. The molecule has 1 rings (SSSR count). The Kier molecular flexibility index (Phi) is 4.99. The molecular weight excluding hydrogens is 252 g/mol. The van der Waals surface area contributed by atoms with Crippen LogP contribution in [0.4, 0.5) is 5.69 Å². The first kappa shape index (κ1) is 14.6. The van der Waals surface area contributed by atoms with E-state index in [-0.39, 0.29) is 24.4 Å². The fourth-order valence-corrected chi connectivity index (χ4v) is 1.43. The predicted octanol–water partition coefficient (Wildman–Crippen LogP) is 1.20. The molecule has 0 heterocycles. The lowest BCUT2D eigenvalue weighted by molar-refractivity contribution is -0.384. The van der Waals surface area contributed by atoms with Crippen molar-refractivity contribution in [2.45, 2.75) is 13.8 Å². The van der Waals surface area contributed by atoms with Gasteiger partial charge in [0.15, 0.2) is 0 Å². The van der Waals surface area contributed by atoms with E-state index in [9.17, 15) is 19.7 Å². The highest BCUT2D eigenvalue weighted by Gasteiger charge is 2.15. The van der Waals surface area contributed by atoms with Crippen LogP contribution < -0.4 is 5.32 Å². The number of non-ortho nitro benzene ring substituents is 1. The fraction of sp³-hybridized carbons (Fsp3) is 0.333. The van der Waals surface area contributed by atoms with E-state index in [1.165, 1.54) is 18.2 Å². The van der Waals surface area contributed by atoms with Gasteiger partial charge >= 0.3 is 5.97 Å². The van der Waals surface area contributed by atoms with Gasteiger partial charge in [-0.1, -0.05) is 6.07 Å². The maximum atomic E-state index is 11.8. The number of amides is 1. The van der Waals surface area contributed by atoms with Crippen molar-refractivity contribution in [1.82, 2.24) is 5.32 Å². The first-order valence-corrected chi connectivity index (χ1v) is 5.64. The van der Waals surface area contributed by atoms with Crippen molar-refractivity contribution in [3.63, 3.8) is 0 Å². The van der Waals surface area contributed by atoms with Gasteiger partial charge in [-0.2, -0.15) is 0 Å². The second-order valence-electron chi connectivity index (χ2n) is 3.74. The van der Waals surface area contributed by atoms with E-state index in [2.05, 4.69) is 10.1 Å². The van der Waals surface area contributed by atoms with Crippen molar-refractivity contribution in [3.8, 4) is 0 Å². The third kappa shape index (κ3) is 4.06. The highest BCUT2D eigenvalue weighted by molar-refractivity contribution is 5.97. The average molecular weight is 266 g/mol. The molecule has 19 heavy (non-hydrogen) atoms. The lowest BCUT2D eigenvalue weighted by Gasteiger charge is -2.07. The van der Waals surface area contributed by atoms with Gasteiger partial charge in [0.05, 0.1) is 11.5 Å². The summed E-state index contributed by atoms with van der Waals surface area (Å²) >= 11 is 0. The molecule has 1 aromatic carbocycles. The van der Waals surface area contributed by atoms with E-state index >= 15 is 0 Å². The number of rotatable bonds is 5. The molecule has 7 heteroatoms. The largest absolute Gasteiger partial charge is 0.465 e. The quantitative estimate of drug-likeness (QED) is 0.490. The summed E-state index contributed by atoms with van der Waals surface area (Å²) in [4.78, 5) is 33.0. The molecule has 0 saturated heterocycles. The zero-order chi connectivity index (χ0) is 14.4. The Morgan fingerprint density at radius 1 is 1.42 bits per heavy atom. The average Bonchev–Trinajstić information content (AvgIpc) is 2.36. The molecule has 0 bridgehead atoms. The maximum absolute atomic E-state index is 11.8. The topological polar surface area (TPSA) is 98.5 Å². The lowest BCUT2D eigenvalue weighted by atomic mass is 10.1. The lowest BCUT2D eigenvalue weighted by Crippen LogP contribution is -2.31. The van der Waals surface area contributed by atoms with Gasteiger partial charge in [-0.05, 0) is 19.4 Å². The van der Waals surface area contributed by atoms with Gasteiger partial charge in [0, 0.05) is 17.7 Å². The molecule has 0 fully saturated rings. The van der Waals surface area contributed by atoms with Crippen molar-refractivity contribution < 1.29 is 19.2 Å². The molecule has 7 nitrogen and oxygen atoms in total. The second kappa shape index (κ2) is 6.48. The van der Waals surface area contributed by atoms with Gasteiger partial charge in [-0.25, -0.2) is 0 Å². The van der Waals surface area contributed by atoms with Crippen LogP contribution in [-0.4, -0.2) is 30.0 Å². The maximum Gasteiger partial charge on any atom is 0.325 e. The summed E-state index contributed by atoms with van der Waals surface area (Å²) in [6, 6.07) is 3.98. The molecule has 1 amide bonds. The molecule has 0 aromatic heterocycles. The summed E-state index contributed by atoms with van der Waals surface area (Å²) in [6.07, 6.45) is 0. The molecule has 0 aliphatic carbocycles. The molecule has 0 radical (unpaired) electrons. The molecule has 102 valence electrons. The number of nitro benzene ring substituents is 1. The molecular formula is C12H14N2O5. The van der Waals surface area contributed by atoms with E-state index < -0.39 is 16.8 Å². The van der Waals surface area contributed by atoms with Crippen molar-refractivity contribution in [2.75, 3.05) is 13.2 Å². The van der Waals surface area contributed by atoms with E-state index in [0.29, 0.717) is 5.56 Å². The number of nitrogens with zero attached hydrogens (tertiary/aromatic N) is 1. The van der Waals surface area contributed by atoms with Gasteiger partial charge in [0.25, 0.3) is 11.6 Å². The molecule has 0 unspecified atom stereocenters. The van der Waals surface area contributed by atoms with E-state index in [1.807, 2.05) is 0 Å². The third-order valence-corrected chi connectivity index (χ3v) is 2.38. The number of carbonyl (C=O) groups is 2. The highest BCUT2D eigenvalue weighted by atomic mass is 16.6. The standard InChI is InChI=1S/C12H14N2O5/c1-3-19-11(15)7-13-12(16)10-6-9(14(17)18)5-4-8(10)2/h4-6H,3,7H2,1-2H3,(H,13,16). The summed E-state index contributed by atoms with van der Waals surface area (Å²) in [5.41, 5.74) is 0.581. The van der Waals surface area contributed by atoms with Crippen LogP contribution in [0.25, 0.3) is 0 Å². The smallest absolute Gasteiger partial charge is 0.325 e. The molecule has 1 N–H and O–H groups in total. The number of benzene rings is 1. The Labute approximate surface area is 109 Å². The van der Waals surface area contributed by atoms with Crippen LogP contribution in [0.5, 0.6) is 0 Å². The minimum atomic E-state index is -0.582. The molecule has 0 atom stereocenters. The molecule has 1 aromatic rings. The number of esters is 1. The summed E-state index contributed by atoms with van der Waals surface area (Å²) in [7, 11) is 0. The summed E-state index contributed by atoms with van der Waals surface area (Å²) < 4.78 is 4.66. The minimum absolute atomic E-state index is 0.165. The third-order valence-electron chi connectivity index (χ3n) is 2.38. The summed E-state index contributed by atoms with van der Waals surface area (Å²) in [5.74, 6) is -1.10. The summed E-state index contributed by atoms with van der Waals surface area (Å²) in [5, 5.41) is 13.0. The van der Waals surface area contributed by atoms with Crippen LogP contribution >= 0.6 is 0 Å². The number of nitrogens with one attached hydrogen (secondary N) is 1. The van der Waals surface area contributed by atoms with Crippen molar-refractivity contribution in [3.05, 3.63) is 39.4 Å². The number of aryl methyl sites for hydroxylation is 1. The molecule has 0 aliphatic rings. The van der Waals surface area contributed by atoms with E-state index in [0.717, 1.165) is 0 Å². The van der Waals surface area contributed by atoms with Crippen molar-refractivity contribution >= 4 is 17.6 Å². The molecule has 0 saturated carbocycles.